The molecule has 0 heterocycles. The predicted octanol–water partition coefficient (Wildman–Crippen LogP) is 15.9. The van der Waals surface area contributed by atoms with Crippen molar-refractivity contribution in [2.75, 3.05) is 0 Å². The van der Waals surface area contributed by atoms with E-state index in [2.05, 4.69) is 113 Å². The zero-order chi connectivity index (χ0) is 47.6. The van der Waals surface area contributed by atoms with E-state index in [1.54, 1.807) is 0 Å². The van der Waals surface area contributed by atoms with E-state index in [0.29, 0.717) is 21.9 Å². The highest BCUT2D eigenvalue weighted by atomic mass is 14.4. The fraction of sp³-hybridized carbons (Fsp3) is 0.103. The summed E-state index contributed by atoms with van der Waals surface area (Å²) in [7, 11) is 0. The second-order valence-corrected chi connectivity index (χ2v) is 16.9. The van der Waals surface area contributed by atoms with Gasteiger partial charge in [-0.3, -0.25) is 0 Å². The topological polar surface area (TPSA) is 0 Å². The maximum Gasteiger partial charge on any atom is 0.0629 e. The molecule has 0 heteroatoms. The molecule has 10 aromatic carbocycles. The molecular weight excluding hydrogens is 697 g/mol. The molecule has 12 rings (SSSR count). The van der Waals surface area contributed by atoms with Gasteiger partial charge in [0.25, 0.3) is 0 Å². The van der Waals surface area contributed by atoms with Crippen LogP contribution in [0.15, 0.2) is 182 Å². The van der Waals surface area contributed by atoms with Gasteiger partial charge in [-0.15, -0.1) is 0 Å². The Balaban J connectivity index is 1.25. The van der Waals surface area contributed by atoms with Crippen LogP contribution < -0.4 is 0 Å². The van der Waals surface area contributed by atoms with Gasteiger partial charge in [0.05, 0.1) is 13.7 Å². The Kier molecular flexibility index (Phi) is 5.08. The van der Waals surface area contributed by atoms with Crippen molar-refractivity contribution in [1.29, 1.82) is 0 Å². The smallest absolute Gasteiger partial charge is 0.0622 e. The fourth-order valence-corrected chi connectivity index (χ4v) is 10.4. The van der Waals surface area contributed by atoms with Crippen LogP contribution in [0.5, 0.6) is 0 Å². The minimum Gasteiger partial charge on any atom is -0.0622 e. The van der Waals surface area contributed by atoms with E-state index in [1.807, 2.05) is 36.4 Å². The molecule has 0 unspecified atom stereocenters. The van der Waals surface area contributed by atoms with Gasteiger partial charge in [0.2, 0.25) is 0 Å². The molecular formula is C58H42. The number of hydrogen-bond donors (Lipinski definition) is 0. The molecule has 0 N–H and O–H groups in total. The van der Waals surface area contributed by atoms with E-state index in [4.69, 9.17) is 8.22 Å². The number of hydrogen-bond acceptors (Lipinski definition) is 0. The van der Waals surface area contributed by atoms with Crippen molar-refractivity contribution in [1.82, 2.24) is 0 Å². The Hall–Kier alpha value is -6.76. The molecule has 0 amide bonds. The molecule has 2 aliphatic rings. The Morgan fingerprint density at radius 1 is 0.310 bits per heavy atom. The van der Waals surface area contributed by atoms with Crippen LogP contribution >= 0.6 is 0 Å². The first-order valence-corrected chi connectivity index (χ1v) is 19.9. The molecule has 0 spiro atoms. The highest BCUT2D eigenvalue weighted by Gasteiger charge is 2.36. The molecule has 2 aliphatic carbocycles. The quantitative estimate of drug-likeness (QED) is 0.157. The molecule has 0 saturated heterocycles. The van der Waals surface area contributed by atoms with Gasteiger partial charge in [-0.2, -0.15) is 0 Å². The van der Waals surface area contributed by atoms with E-state index in [1.165, 1.54) is 22.3 Å². The summed E-state index contributed by atoms with van der Waals surface area (Å²) in [5.74, 6) is 0. The molecule has 0 atom stereocenters. The second kappa shape index (κ2) is 11.9. The second-order valence-electron chi connectivity index (χ2n) is 16.9. The standard InChI is InChI=1S/C58H42/c1-57(2)51-21-13-11-19-39(51)49-31-37(23-29-53(49)57)47-33-45(35-15-7-5-8-16-35)41-26-28-44-48(38-24-30-54-50(32-38)40-20-12-14-22-52(40)58(54,3)4)34-46(36-17-9-6-10-18-36)42-25-27-43(47)55(41)56(42)44/h5-34H,1-4H3/i5D,6D,7D,8D,9D,10D,15D,16D,17D,18D. The van der Waals surface area contributed by atoms with Crippen molar-refractivity contribution in [2.24, 2.45) is 0 Å². The molecule has 0 saturated carbocycles. The van der Waals surface area contributed by atoms with Crippen LogP contribution in [-0.2, 0) is 10.8 Å². The van der Waals surface area contributed by atoms with Gasteiger partial charge in [0.1, 0.15) is 0 Å². The van der Waals surface area contributed by atoms with Crippen LogP contribution in [0.4, 0.5) is 0 Å². The van der Waals surface area contributed by atoms with E-state index >= 15 is 0 Å². The first-order chi connectivity index (χ1) is 32.4. The van der Waals surface area contributed by atoms with E-state index < -0.39 is 36.3 Å². The van der Waals surface area contributed by atoms with Gasteiger partial charge in [-0.05, 0) is 146 Å². The molecule has 0 aromatic heterocycles. The van der Waals surface area contributed by atoms with E-state index in [-0.39, 0.29) is 46.1 Å². The predicted molar refractivity (Wildman–Crippen MR) is 247 cm³/mol. The largest absolute Gasteiger partial charge is 0.0629 e. The molecule has 0 radical (unpaired) electrons. The van der Waals surface area contributed by atoms with Crippen molar-refractivity contribution in [3.8, 4) is 66.8 Å². The lowest BCUT2D eigenvalue weighted by Crippen LogP contribution is -2.14. The first kappa shape index (κ1) is 24.8. The summed E-state index contributed by atoms with van der Waals surface area (Å²) in [5.41, 5.74) is 13.3. The molecule has 0 aliphatic heterocycles. The van der Waals surface area contributed by atoms with Crippen molar-refractivity contribution in [2.45, 2.75) is 38.5 Å². The highest BCUT2D eigenvalue weighted by molar-refractivity contribution is 6.32. The molecule has 58 heavy (non-hydrogen) atoms. The van der Waals surface area contributed by atoms with Crippen LogP contribution in [0.3, 0.4) is 0 Å². The maximum atomic E-state index is 9.28. The minimum atomic E-state index is -0.477. The van der Waals surface area contributed by atoms with Crippen molar-refractivity contribution in [3.05, 3.63) is 204 Å². The van der Waals surface area contributed by atoms with Crippen LogP contribution in [0.2, 0.25) is 0 Å². The summed E-state index contributed by atoms with van der Waals surface area (Å²) in [6.45, 7) is 8.93. The lowest BCUT2D eigenvalue weighted by molar-refractivity contribution is 0.660. The highest BCUT2D eigenvalue weighted by Crippen LogP contribution is 2.54. The molecule has 0 bridgehead atoms. The van der Waals surface area contributed by atoms with Crippen LogP contribution in [0, 0.1) is 0 Å². The minimum absolute atomic E-state index is 0.0776. The third-order valence-corrected chi connectivity index (χ3v) is 13.2. The number of rotatable bonds is 4. The lowest BCUT2D eigenvalue weighted by Gasteiger charge is -2.23. The van der Waals surface area contributed by atoms with E-state index in [9.17, 15) is 5.48 Å². The average molecular weight is 749 g/mol. The molecule has 274 valence electrons. The first-order valence-electron chi connectivity index (χ1n) is 24.9. The SMILES string of the molecule is [2H]c1c([2H])c([2H])c(-c2cc(-c3ccc4c(c3)-c3ccccc3C4(C)C)c3ccc4c(-c5c([2H])c([2H])c([2H])c([2H])c5[2H])cc(-c5ccc6c(c5)-c5ccccc5C6(C)C)c5ccc2c3c54)c([2H])c1[2H]. The maximum absolute atomic E-state index is 9.28. The summed E-state index contributed by atoms with van der Waals surface area (Å²) in [4.78, 5) is 0. The van der Waals surface area contributed by atoms with Gasteiger partial charge < -0.3 is 0 Å². The third kappa shape index (κ3) is 4.52. The zero-order valence-electron chi connectivity index (χ0n) is 42.5. The van der Waals surface area contributed by atoms with Gasteiger partial charge in [-0.1, -0.05) is 185 Å². The Bertz CT molecular complexity index is 3610. The van der Waals surface area contributed by atoms with Crippen molar-refractivity contribution >= 4 is 32.3 Å². The summed E-state index contributed by atoms with van der Waals surface area (Å²) in [6.07, 6.45) is 0. The van der Waals surface area contributed by atoms with Crippen LogP contribution in [0.1, 0.15) is 63.7 Å². The normalized spacial score (nSPS) is 16.9. The average Bonchev–Trinajstić information content (AvgIpc) is 3.72. The van der Waals surface area contributed by atoms with Crippen LogP contribution in [0.25, 0.3) is 99.1 Å². The van der Waals surface area contributed by atoms with Crippen molar-refractivity contribution in [3.63, 3.8) is 0 Å². The van der Waals surface area contributed by atoms with Gasteiger partial charge in [0, 0.05) is 10.8 Å². The molecule has 0 nitrogen and oxygen atoms in total. The van der Waals surface area contributed by atoms with Gasteiger partial charge in [-0.25, -0.2) is 0 Å². The van der Waals surface area contributed by atoms with Crippen LogP contribution in [-0.4, -0.2) is 0 Å². The van der Waals surface area contributed by atoms with E-state index in [0.717, 1.165) is 66.1 Å². The third-order valence-electron chi connectivity index (χ3n) is 13.2. The van der Waals surface area contributed by atoms with Crippen molar-refractivity contribution < 1.29 is 13.7 Å². The Morgan fingerprint density at radius 3 is 1.05 bits per heavy atom. The Morgan fingerprint density at radius 2 is 0.655 bits per heavy atom. The monoisotopic (exact) mass is 748 g/mol. The summed E-state index contributed by atoms with van der Waals surface area (Å²) in [5, 5.41) is 4.55. The van der Waals surface area contributed by atoms with Gasteiger partial charge in [0.15, 0.2) is 0 Å². The Labute approximate surface area is 354 Å². The number of fused-ring (bicyclic) bond motifs is 6. The molecule has 10 aromatic rings. The fourth-order valence-electron chi connectivity index (χ4n) is 10.4. The summed E-state index contributed by atoms with van der Waals surface area (Å²) in [6, 6.07) is 37.8. The summed E-state index contributed by atoms with van der Waals surface area (Å²) < 4.78 is 89.2. The zero-order valence-corrected chi connectivity index (χ0v) is 32.5. The number of benzene rings is 10. The summed E-state index contributed by atoms with van der Waals surface area (Å²) >= 11 is 0. The van der Waals surface area contributed by atoms with Gasteiger partial charge >= 0.3 is 0 Å². The molecule has 0 fully saturated rings. The lowest BCUT2D eigenvalue weighted by atomic mass is 9.80.